The zero-order chi connectivity index (χ0) is 20.5. The number of nitrogens with one attached hydrogen (secondary N) is 1. The van der Waals surface area contributed by atoms with Crippen LogP contribution < -0.4 is 5.32 Å². The maximum absolute atomic E-state index is 13.0. The van der Waals surface area contributed by atoms with Gasteiger partial charge in [-0.15, -0.1) is 0 Å². The number of unbranched alkanes of at least 4 members (excludes halogenated alkanes) is 2. The third-order valence-corrected chi connectivity index (χ3v) is 5.71. The average molecular weight is 399 g/mol. The van der Waals surface area contributed by atoms with Gasteiger partial charge in [0.05, 0.1) is 11.0 Å². The normalized spacial score (nSPS) is 14.7. The Bertz CT molecular complexity index is 806. The number of rotatable bonds is 9. The van der Waals surface area contributed by atoms with Gasteiger partial charge in [-0.25, -0.2) is 4.98 Å². The van der Waals surface area contributed by atoms with Crippen molar-refractivity contribution >= 4 is 22.8 Å². The van der Waals surface area contributed by atoms with Crippen LogP contribution >= 0.6 is 0 Å². The summed E-state index contributed by atoms with van der Waals surface area (Å²) in [7, 11) is 0. The molecule has 0 spiro atoms. The van der Waals surface area contributed by atoms with E-state index in [0.29, 0.717) is 13.0 Å². The van der Waals surface area contributed by atoms with Gasteiger partial charge in [0.15, 0.2) is 0 Å². The number of para-hydroxylation sites is 2. The molecule has 2 aromatic rings. The average Bonchev–Trinajstić information content (AvgIpc) is 2.90. The Morgan fingerprint density at radius 2 is 1.79 bits per heavy atom. The van der Waals surface area contributed by atoms with Crippen molar-refractivity contribution in [1.29, 1.82) is 0 Å². The maximum atomic E-state index is 13.0. The number of likely N-dealkylation sites (tertiary alicyclic amines) is 1. The highest BCUT2D eigenvalue weighted by Crippen LogP contribution is 2.19. The Kier molecular flexibility index (Phi) is 8.08. The van der Waals surface area contributed by atoms with Gasteiger partial charge >= 0.3 is 0 Å². The molecule has 1 fully saturated rings. The van der Waals surface area contributed by atoms with Crippen molar-refractivity contribution in [2.75, 3.05) is 19.6 Å². The van der Waals surface area contributed by atoms with E-state index in [1.807, 2.05) is 30.0 Å². The minimum Gasteiger partial charge on any atom is -0.356 e. The first-order chi connectivity index (χ1) is 14.2. The molecule has 1 aromatic carbocycles. The number of aromatic nitrogens is 2. The molecule has 2 amide bonds. The van der Waals surface area contributed by atoms with Crippen LogP contribution in [0.4, 0.5) is 0 Å². The highest BCUT2D eigenvalue weighted by atomic mass is 16.2. The van der Waals surface area contributed by atoms with Gasteiger partial charge in [0.25, 0.3) is 0 Å². The summed E-state index contributed by atoms with van der Waals surface area (Å²) in [5.41, 5.74) is 2.00. The van der Waals surface area contributed by atoms with Crippen molar-refractivity contribution in [2.24, 2.45) is 0 Å². The molecule has 6 heteroatoms. The topological polar surface area (TPSA) is 67.2 Å². The lowest BCUT2D eigenvalue weighted by Gasteiger charge is -2.21. The van der Waals surface area contributed by atoms with E-state index in [1.54, 1.807) is 0 Å². The van der Waals surface area contributed by atoms with Crippen LogP contribution in [0.15, 0.2) is 24.3 Å². The zero-order valence-electron chi connectivity index (χ0n) is 17.7. The number of hydrogen-bond donors (Lipinski definition) is 1. The van der Waals surface area contributed by atoms with Crippen molar-refractivity contribution in [2.45, 2.75) is 71.3 Å². The smallest absolute Gasteiger partial charge is 0.242 e. The molecule has 6 nitrogen and oxygen atoms in total. The van der Waals surface area contributed by atoms with E-state index >= 15 is 0 Å². The molecule has 1 saturated heterocycles. The van der Waals surface area contributed by atoms with E-state index in [4.69, 9.17) is 4.98 Å². The van der Waals surface area contributed by atoms with Crippen molar-refractivity contribution in [3.05, 3.63) is 30.1 Å². The van der Waals surface area contributed by atoms with E-state index in [1.165, 1.54) is 12.8 Å². The number of fused-ring (bicyclic) bond motifs is 1. The van der Waals surface area contributed by atoms with Crippen LogP contribution in [0.3, 0.4) is 0 Å². The fraction of sp³-hybridized carbons (Fsp3) is 0.609. The molecule has 0 saturated carbocycles. The summed E-state index contributed by atoms with van der Waals surface area (Å²) in [4.78, 5) is 31.1. The molecule has 1 aromatic heterocycles. The number of hydrogen-bond acceptors (Lipinski definition) is 3. The number of benzene rings is 1. The fourth-order valence-corrected chi connectivity index (χ4v) is 3.99. The first-order valence-corrected chi connectivity index (χ1v) is 11.2. The summed E-state index contributed by atoms with van der Waals surface area (Å²) < 4.78 is 2.11. The van der Waals surface area contributed by atoms with Crippen molar-refractivity contribution in [1.82, 2.24) is 19.8 Å². The molecule has 1 aliphatic rings. The highest BCUT2D eigenvalue weighted by Gasteiger charge is 2.19. The molecular formula is C23H34N4O2. The predicted octanol–water partition coefficient (Wildman–Crippen LogP) is 3.68. The Morgan fingerprint density at radius 1 is 1.03 bits per heavy atom. The van der Waals surface area contributed by atoms with Gasteiger partial charge in [-0.3, -0.25) is 9.59 Å². The lowest BCUT2D eigenvalue weighted by atomic mass is 10.2. The molecule has 0 radical (unpaired) electrons. The van der Waals surface area contributed by atoms with Crippen molar-refractivity contribution in [3.8, 4) is 0 Å². The van der Waals surface area contributed by atoms with E-state index in [2.05, 4.69) is 16.0 Å². The minimum atomic E-state index is 0.110. The predicted molar refractivity (Wildman–Crippen MR) is 116 cm³/mol. The van der Waals surface area contributed by atoms with Crippen LogP contribution in [-0.2, 0) is 22.6 Å². The molecule has 0 unspecified atom stereocenters. The second-order valence-corrected chi connectivity index (χ2v) is 7.91. The summed E-state index contributed by atoms with van der Waals surface area (Å²) in [6, 6.07) is 8.08. The first-order valence-electron chi connectivity index (χ1n) is 11.2. The van der Waals surface area contributed by atoms with Crippen molar-refractivity contribution < 1.29 is 9.59 Å². The monoisotopic (exact) mass is 398 g/mol. The second-order valence-electron chi connectivity index (χ2n) is 7.91. The summed E-state index contributed by atoms with van der Waals surface area (Å²) in [5.74, 6) is 1.31. The summed E-state index contributed by atoms with van der Waals surface area (Å²) >= 11 is 0. The third-order valence-electron chi connectivity index (χ3n) is 5.71. The van der Waals surface area contributed by atoms with E-state index in [-0.39, 0.29) is 11.8 Å². The number of amides is 2. The third kappa shape index (κ3) is 6.05. The lowest BCUT2D eigenvalue weighted by molar-refractivity contribution is -0.131. The molecule has 29 heavy (non-hydrogen) atoms. The van der Waals surface area contributed by atoms with Gasteiger partial charge in [0, 0.05) is 32.5 Å². The molecule has 0 aliphatic carbocycles. The molecule has 1 N–H and O–H groups in total. The standard InChI is InChI=1S/C23H34N4O2/c1-2-22(28)24-15-9-5-6-14-21-25-19-12-7-8-13-20(19)27(21)18-23(29)26-16-10-3-4-11-17-26/h7-8,12-13H,2-6,9-11,14-18H2,1H3,(H,24,28). The highest BCUT2D eigenvalue weighted by molar-refractivity contribution is 5.81. The van der Waals surface area contributed by atoms with Crippen molar-refractivity contribution in [3.63, 3.8) is 0 Å². The molecule has 2 heterocycles. The van der Waals surface area contributed by atoms with E-state index in [0.717, 1.165) is 75.0 Å². The van der Waals surface area contributed by atoms with Gasteiger partial charge in [0.2, 0.25) is 11.8 Å². The van der Waals surface area contributed by atoms with Gasteiger partial charge < -0.3 is 14.8 Å². The second kappa shape index (κ2) is 11.0. The maximum Gasteiger partial charge on any atom is 0.242 e. The van der Waals surface area contributed by atoms with Crippen LogP contribution in [-0.4, -0.2) is 45.9 Å². The van der Waals surface area contributed by atoms with Crippen LogP contribution in [0.2, 0.25) is 0 Å². The molecule has 158 valence electrons. The Hall–Kier alpha value is -2.37. The summed E-state index contributed by atoms with van der Waals surface area (Å²) in [6.07, 6.45) is 9.06. The molecule has 3 rings (SSSR count). The van der Waals surface area contributed by atoms with Gasteiger partial charge in [-0.2, -0.15) is 0 Å². The summed E-state index contributed by atoms with van der Waals surface area (Å²) in [5, 5.41) is 2.92. The number of carbonyl (C=O) groups excluding carboxylic acids is 2. The SMILES string of the molecule is CCC(=O)NCCCCCc1nc2ccccc2n1CC(=O)N1CCCCCC1. The van der Waals surface area contributed by atoms with Gasteiger partial charge in [-0.1, -0.05) is 38.3 Å². The quantitative estimate of drug-likeness (QED) is 0.655. The summed E-state index contributed by atoms with van der Waals surface area (Å²) in [6.45, 7) is 4.74. The van der Waals surface area contributed by atoms with E-state index < -0.39 is 0 Å². The Labute approximate surface area is 173 Å². The van der Waals surface area contributed by atoms with Crippen LogP contribution in [0.25, 0.3) is 11.0 Å². The number of imidazole rings is 1. The fourth-order valence-electron chi connectivity index (χ4n) is 3.99. The van der Waals surface area contributed by atoms with Gasteiger partial charge in [-0.05, 0) is 37.8 Å². The molecule has 0 bridgehead atoms. The largest absolute Gasteiger partial charge is 0.356 e. The molecular weight excluding hydrogens is 364 g/mol. The number of aryl methyl sites for hydroxylation is 1. The molecule has 1 aliphatic heterocycles. The first kappa shape index (κ1) is 21.3. The molecule has 0 atom stereocenters. The van der Waals surface area contributed by atoms with Gasteiger partial charge in [0.1, 0.15) is 12.4 Å². The van der Waals surface area contributed by atoms with E-state index in [9.17, 15) is 9.59 Å². The van der Waals surface area contributed by atoms with Crippen LogP contribution in [0.5, 0.6) is 0 Å². The lowest BCUT2D eigenvalue weighted by Crippen LogP contribution is -2.34. The number of nitrogens with zero attached hydrogens (tertiary/aromatic N) is 3. The van der Waals surface area contributed by atoms with Crippen LogP contribution in [0, 0.1) is 0 Å². The Balaban J connectivity index is 1.61. The Morgan fingerprint density at radius 3 is 2.55 bits per heavy atom. The number of carbonyl (C=O) groups is 2. The minimum absolute atomic E-state index is 0.110. The zero-order valence-corrected chi connectivity index (χ0v) is 17.7. The van der Waals surface area contributed by atoms with Crippen LogP contribution in [0.1, 0.15) is 64.1 Å².